The quantitative estimate of drug-likeness (QED) is 0.771. The fraction of sp³-hybridized carbons (Fsp3) is 0.619. The zero-order valence-corrected chi connectivity index (χ0v) is 16.2. The molecule has 1 aromatic rings. The Labute approximate surface area is 157 Å². The molecule has 4 rings (SSSR count). The lowest BCUT2D eigenvalue weighted by Gasteiger charge is -2.37. The van der Waals surface area contributed by atoms with Gasteiger partial charge < -0.3 is 14.0 Å². The third-order valence-corrected chi connectivity index (χ3v) is 5.53. The van der Waals surface area contributed by atoms with Gasteiger partial charge in [0.1, 0.15) is 0 Å². The van der Waals surface area contributed by atoms with Crippen molar-refractivity contribution in [2.75, 3.05) is 13.1 Å². The number of hydrogen-bond acceptors (Lipinski definition) is 4. The van der Waals surface area contributed by atoms with Crippen LogP contribution in [0.25, 0.3) is 6.08 Å². The SMILES string of the molecule is CC1CC(C)(C)OB(/C=C/c2ccc(CN3CC4CCC(C3)O4)cc2)O1. The van der Waals surface area contributed by atoms with Crippen LogP contribution in [0.3, 0.4) is 0 Å². The van der Waals surface area contributed by atoms with Gasteiger partial charge in [-0.05, 0) is 51.2 Å². The minimum Gasteiger partial charge on any atom is -0.405 e. The van der Waals surface area contributed by atoms with Crippen molar-refractivity contribution >= 4 is 13.2 Å². The van der Waals surface area contributed by atoms with Crippen LogP contribution in [0.5, 0.6) is 0 Å². The molecule has 3 aliphatic heterocycles. The number of ether oxygens (including phenoxy) is 1. The second-order valence-electron chi connectivity index (χ2n) is 8.65. The maximum absolute atomic E-state index is 5.99. The summed E-state index contributed by atoms with van der Waals surface area (Å²) in [6, 6.07) is 8.81. The van der Waals surface area contributed by atoms with Gasteiger partial charge in [0, 0.05) is 25.7 Å². The topological polar surface area (TPSA) is 30.9 Å². The molecule has 26 heavy (non-hydrogen) atoms. The Bertz CT molecular complexity index is 633. The summed E-state index contributed by atoms with van der Waals surface area (Å²) in [4.78, 5) is 2.53. The Morgan fingerprint density at radius 1 is 1.15 bits per heavy atom. The fourth-order valence-electron chi connectivity index (χ4n) is 4.45. The lowest BCUT2D eigenvalue weighted by Crippen LogP contribution is -2.45. The normalized spacial score (nSPS) is 31.7. The molecule has 4 nitrogen and oxygen atoms in total. The van der Waals surface area contributed by atoms with Crippen LogP contribution in [0.15, 0.2) is 30.2 Å². The van der Waals surface area contributed by atoms with Crippen LogP contribution < -0.4 is 0 Å². The summed E-state index contributed by atoms with van der Waals surface area (Å²) in [6.45, 7) is 9.52. The lowest BCUT2D eigenvalue weighted by atomic mass is 9.82. The molecule has 3 unspecified atom stereocenters. The molecule has 140 valence electrons. The van der Waals surface area contributed by atoms with E-state index >= 15 is 0 Å². The molecule has 0 aliphatic carbocycles. The van der Waals surface area contributed by atoms with E-state index in [2.05, 4.69) is 56.0 Å². The molecule has 1 aromatic carbocycles. The van der Waals surface area contributed by atoms with Gasteiger partial charge in [0.05, 0.1) is 17.8 Å². The molecule has 2 bridgehead atoms. The first-order valence-corrected chi connectivity index (χ1v) is 9.93. The maximum Gasteiger partial charge on any atom is 0.486 e. The van der Waals surface area contributed by atoms with Crippen LogP contribution >= 0.6 is 0 Å². The Balaban J connectivity index is 1.33. The van der Waals surface area contributed by atoms with Crippen molar-refractivity contribution in [1.82, 2.24) is 4.90 Å². The number of hydrogen-bond donors (Lipinski definition) is 0. The molecule has 0 spiro atoms. The Hall–Kier alpha value is -1.14. The smallest absolute Gasteiger partial charge is 0.405 e. The van der Waals surface area contributed by atoms with E-state index in [9.17, 15) is 0 Å². The van der Waals surface area contributed by atoms with Crippen molar-refractivity contribution in [3.05, 3.63) is 41.4 Å². The van der Waals surface area contributed by atoms with Crippen molar-refractivity contribution < 1.29 is 14.0 Å². The summed E-state index contributed by atoms with van der Waals surface area (Å²) in [6.07, 6.45) is 6.61. The number of fused-ring (bicyclic) bond motifs is 2. The highest BCUT2D eigenvalue weighted by molar-refractivity contribution is 6.52. The molecule has 0 aromatic heterocycles. The molecule has 0 N–H and O–H groups in total. The number of benzene rings is 1. The van der Waals surface area contributed by atoms with Gasteiger partial charge in [0.2, 0.25) is 0 Å². The maximum atomic E-state index is 5.99. The summed E-state index contributed by atoms with van der Waals surface area (Å²) in [7, 11) is -0.266. The second-order valence-corrected chi connectivity index (χ2v) is 8.65. The first kappa shape index (κ1) is 18.2. The van der Waals surface area contributed by atoms with Crippen LogP contribution in [0.4, 0.5) is 0 Å². The lowest BCUT2D eigenvalue weighted by molar-refractivity contribution is -0.0410. The number of morpholine rings is 1. The second kappa shape index (κ2) is 7.47. The van der Waals surface area contributed by atoms with Crippen molar-refractivity contribution in [3.8, 4) is 0 Å². The highest BCUT2D eigenvalue weighted by atomic mass is 16.6. The van der Waals surface area contributed by atoms with E-state index in [1.165, 1.54) is 24.0 Å². The standard InChI is InChI=1S/C21H30BNO3/c1-16-12-21(2,3)26-22(25-16)11-10-17-4-6-18(7-5-17)13-23-14-19-8-9-20(15-23)24-19/h4-7,10-11,16,19-20H,8-9,12-15H2,1-3H3/b11-10+. The largest absolute Gasteiger partial charge is 0.486 e. The van der Waals surface area contributed by atoms with E-state index in [4.69, 9.17) is 14.0 Å². The Morgan fingerprint density at radius 2 is 1.85 bits per heavy atom. The van der Waals surface area contributed by atoms with Gasteiger partial charge in [0.15, 0.2) is 0 Å². The summed E-state index contributed by atoms with van der Waals surface area (Å²) in [5.74, 6) is 2.02. The summed E-state index contributed by atoms with van der Waals surface area (Å²) < 4.78 is 17.8. The van der Waals surface area contributed by atoms with Gasteiger partial charge >= 0.3 is 7.12 Å². The van der Waals surface area contributed by atoms with Gasteiger partial charge in [-0.1, -0.05) is 36.3 Å². The predicted octanol–water partition coefficient (Wildman–Crippen LogP) is 3.69. The van der Waals surface area contributed by atoms with E-state index < -0.39 is 0 Å². The minimum atomic E-state index is -0.266. The molecular weight excluding hydrogens is 325 g/mol. The number of likely N-dealkylation sites (tertiary alicyclic amines) is 1. The Morgan fingerprint density at radius 3 is 2.50 bits per heavy atom. The van der Waals surface area contributed by atoms with E-state index in [0.717, 1.165) is 26.1 Å². The van der Waals surface area contributed by atoms with E-state index in [-0.39, 0.29) is 18.8 Å². The van der Waals surface area contributed by atoms with Crippen molar-refractivity contribution in [3.63, 3.8) is 0 Å². The number of rotatable bonds is 4. The third kappa shape index (κ3) is 4.58. The summed E-state index contributed by atoms with van der Waals surface area (Å²) in [5, 5.41) is 0. The molecule has 3 saturated heterocycles. The zero-order chi connectivity index (χ0) is 18.1. The first-order valence-electron chi connectivity index (χ1n) is 9.93. The van der Waals surface area contributed by atoms with E-state index in [1.807, 2.05) is 5.98 Å². The molecule has 0 saturated carbocycles. The van der Waals surface area contributed by atoms with Crippen LogP contribution in [-0.2, 0) is 20.6 Å². The van der Waals surface area contributed by atoms with Gasteiger partial charge in [-0.3, -0.25) is 4.90 Å². The van der Waals surface area contributed by atoms with E-state index in [1.54, 1.807) is 0 Å². The predicted molar refractivity (Wildman–Crippen MR) is 105 cm³/mol. The Kier molecular flexibility index (Phi) is 5.24. The van der Waals surface area contributed by atoms with Gasteiger partial charge in [-0.2, -0.15) is 0 Å². The van der Waals surface area contributed by atoms with E-state index in [0.29, 0.717) is 12.2 Å². The third-order valence-electron chi connectivity index (χ3n) is 5.53. The molecule has 3 atom stereocenters. The minimum absolute atomic E-state index is 0.131. The highest BCUT2D eigenvalue weighted by Gasteiger charge is 2.35. The van der Waals surface area contributed by atoms with Crippen LogP contribution in [0.2, 0.25) is 0 Å². The average Bonchev–Trinajstić information content (AvgIpc) is 2.91. The van der Waals surface area contributed by atoms with Gasteiger partial charge in [-0.25, -0.2) is 0 Å². The highest BCUT2D eigenvalue weighted by Crippen LogP contribution is 2.28. The molecule has 5 heteroatoms. The zero-order valence-electron chi connectivity index (χ0n) is 16.2. The molecular formula is C21H30BNO3. The summed E-state index contributed by atoms with van der Waals surface area (Å²) >= 11 is 0. The fourth-order valence-corrected chi connectivity index (χ4v) is 4.45. The van der Waals surface area contributed by atoms with Crippen molar-refractivity contribution in [2.24, 2.45) is 0 Å². The van der Waals surface area contributed by atoms with Crippen LogP contribution in [-0.4, -0.2) is 49.0 Å². The van der Waals surface area contributed by atoms with Crippen LogP contribution in [0, 0.1) is 0 Å². The van der Waals surface area contributed by atoms with Gasteiger partial charge in [0.25, 0.3) is 0 Å². The van der Waals surface area contributed by atoms with Crippen molar-refractivity contribution in [2.45, 2.75) is 70.5 Å². The molecule has 0 radical (unpaired) electrons. The summed E-state index contributed by atoms with van der Waals surface area (Å²) in [5.41, 5.74) is 2.41. The monoisotopic (exact) mass is 355 g/mol. The van der Waals surface area contributed by atoms with Crippen LogP contribution in [0.1, 0.15) is 51.2 Å². The van der Waals surface area contributed by atoms with Gasteiger partial charge in [-0.15, -0.1) is 0 Å². The van der Waals surface area contributed by atoms with Crippen molar-refractivity contribution in [1.29, 1.82) is 0 Å². The molecule has 3 aliphatic rings. The average molecular weight is 355 g/mol. The molecule has 3 heterocycles. The molecule has 3 fully saturated rings. The first-order chi connectivity index (χ1) is 12.4. The number of nitrogens with zero attached hydrogens (tertiary/aromatic N) is 1. The molecule has 0 amide bonds.